The number of carbonyl (C=O) groups excluding carboxylic acids is 2. The Morgan fingerprint density at radius 2 is 1.72 bits per heavy atom. The molecule has 6 heteroatoms. The summed E-state index contributed by atoms with van der Waals surface area (Å²) in [6.07, 6.45) is 0.545. The van der Waals surface area contributed by atoms with Crippen molar-refractivity contribution in [3.8, 4) is 0 Å². The van der Waals surface area contributed by atoms with Gasteiger partial charge in [0.25, 0.3) is 5.91 Å². The second-order valence-corrected chi connectivity index (χ2v) is 8.13. The van der Waals surface area contributed by atoms with Crippen molar-refractivity contribution in [1.82, 2.24) is 4.57 Å². The molecule has 1 aromatic heterocycles. The summed E-state index contributed by atoms with van der Waals surface area (Å²) < 4.78 is 8.15. The predicted molar refractivity (Wildman–Crippen MR) is 116 cm³/mol. The van der Waals surface area contributed by atoms with Gasteiger partial charge in [0.05, 0.1) is 16.8 Å². The molecule has 0 aliphatic rings. The molecule has 1 heterocycles. The number of hydrogen-bond acceptors (Lipinski definition) is 4. The molecule has 0 saturated heterocycles. The molecule has 3 aromatic rings. The van der Waals surface area contributed by atoms with E-state index in [-0.39, 0.29) is 11.9 Å². The van der Waals surface area contributed by atoms with Gasteiger partial charge in [0, 0.05) is 5.56 Å². The van der Waals surface area contributed by atoms with E-state index < -0.39 is 6.04 Å². The molecule has 5 nitrogen and oxygen atoms in total. The minimum Gasteiger partial charge on any atom is -0.464 e. The molecule has 0 fully saturated rings. The van der Waals surface area contributed by atoms with E-state index in [1.54, 1.807) is 19.1 Å². The van der Waals surface area contributed by atoms with E-state index in [4.69, 9.17) is 4.74 Å². The van der Waals surface area contributed by atoms with Gasteiger partial charge in [0.2, 0.25) is 0 Å². The average Bonchev–Trinajstić information content (AvgIpc) is 3.00. The summed E-state index contributed by atoms with van der Waals surface area (Å²) >= 11 is 1.42. The van der Waals surface area contributed by atoms with Crippen molar-refractivity contribution in [3.63, 3.8) is 0 Å². The van der Waals surface area contributed by atoms with Gasteiger partial charge in [0.15, 0.2) is 4.80 Å². The Kier molecular flexibility index (Phi) is 6.33. The first-order chi connectivity index (χ1) is 13.8. The molecule has 1 amide bonds. The fourth-order valence-electron chi connectivity index (χ4n) is 3.21. The van der Waals surface area contributed by atoms with Crippen molar-refractivity contribution in [2.45, 2.75) is 47.1 Å². The lowest BCUT2D eigenvalue weighted by Gasteiger charge is -2.17. The van der Waals surface area contributed by atoms with Crippen LogP contribution < -0.4 is 4.80 Å². The Morgan fingerprint density at radius 1 is 1.07 bits per heavy atom. The van der Waals surface area contributed by atoms with E-state index in [1.165, 1.54) is 11.3 Å². The fourth-order valence-corrected chi connectivity index (χ4v) is 4.36. The Hall–Kier alpha value is -2.73. The third-order valence-corrected chi connectivity index (χ3v) is 6.01. The van der Waals surface area contributed by atoms with E-state index >= 15 is 0 Å². The van der Waals surface area contributed by atoms with Crippen LogP contribution in [0, 0.1) is 20.8 Å². The Morgan fingerprint density at radius 3 is 2.34 bits per heavy atom. The van der Waals surface area contributed by atoms with Crippen molar-refractivity contribution in [1.29, 1.82) is 0 Å². The van der Waals surface area contributed by atoms with E-state index in [0.717, 1.165) is 26.9 Å². The van der Waals surface area contributed by atoms with Crippen molar-refractivity contribution in [3.05, 3.63) is 63.5 Å². The summed E-state index contributed by atoms with van der Waals surface area (Å²) in [5.74, 6) is -0.630. The van der Waals surface area contributed by atoms with Gasteiger partial charge < -0.3 is 9.30 Å². The van der Waals surface area contributed by atoms with E-state index in [2.05, 4.69) is 24.0 Å². The van der Waals surface area contributed by atoms with Gasteiger partial charge in [0.1, 0.15) is 6.04 Å². The van der Waals surface area contributed by atoms with Crippen LogP contribution >= 0.6 is 11.3 Å². The number of ether oxygens (including phenoxy) is 1. The summed E-state index contributed by atoms with van der Waals surface area (Å²) in [6, 6.07) is 10.9. The predicted octanol–water partition coefficient (Wildman–Crippen LogP) is 4.88. The average molecular weight is 411 g/mol. The maximum Gasteiger partial charge on any atom is 0.329 e. The van der Waals surface area contributed by atoms with Gasteiger partial charge in [-0.2, -0.15) is 4.99 Å². The van der Waals surface area contributed by atoms with Gasteiger partial charge in [-0.1, -0.05) is 36.0 Å². The van der Waals surface area contributed by atoms with Crippen LogP contribution in [0.15, 0.2) is 41.4 Å². The molecule has 0 aliphatic heterocycles. The lowest BCUT2D eigenvalue weighted by molar-refractivity contribution is -0.147. The highest BCUT2D eigenvalue weighted by Gasteiger charge is 2.24. The molecule has 0 bridgehead atoms. The quantitative estimate of drug-likeness (QED) is 0.563. The number of aryl methyl sites for hydroxylation is 3. The number of hydrogen-bond donors (Lipinski definition) is 0. The monoisotopic (exact) mass is 410 g/mol. The first-order valence-corrected chi connectivity index (χ1v) is 10.6. The standard InChI is InChI=1S/C23H26N2O3S/c1-6-18(22(27)28-7-2)25-19-12-15(4)16(5)13-20(19)29-23(25)24-21(26)17-10-8-14(3)9-11-17/h8-13,18H,6-7H2,1-5H3. The number of thiazole rings is 1. The van der Waals surface area contributed by atoms with Crippen LogP contribution in [0.4, 0.5) is 0 Å². The summed E-state index contributed by atoms with van der Waals surface area (Å²) in [4.78, 5) is 30.4. The molecule has 0 N–H and O–H groups in total. The zero-order valence-electron chi connectivity index (χ0n) is 17.5. The summed E-state index contributed by atoms with van der Waals surface area (Å²) in [5, 5.41) is 0. The summed E-state index contributed by atoms with van der Waals surface area (Å²) in [6.45, 7) is 10.1. The van der Waals surface area contributed by atoms with Crippen molar-refractivity contribution < 1.29 is 14.3 Å². The Labute approximate surface area is 174 Å². The maximum absolute atomic E-state index is 12.8. The zero-order chi connectivity index (χ0) is 21.1. The Bertz CT molecular complexity index is 1120. The smallest absolute Gasteiger partial charge is 0.329 e. The third kappa shape index (κ3) is 4.32. The SMILES string of the molecule is CCOC(=O)C(CC)n1c(=NC(=O)c2ccc(C)cc2)sc2cc(C)c(C)cc21. The molecule has 0 spiro atoms. The van der Waals surface area contributed by atoms with Crippen LogP contribution in [0.5, 0.6) is 0 Å². The molecule has 1 atom stereocenters. The molecule has 0 saturated carbocycles. The molecule has 1 unspecified atom stereocenters. The molecule has 152 valence electrons. The lowest BCUT2D eigenvalue weighted by Crippen LogP contribution is -2.29. The summed E-state index contributed by atoms with van der Waals surface area (Å²) in [5.41, 5.74) is 4.79. The van der Waals surface area contributed by atoms with Gasteiger partial charge >= 0.3 is 5.97 Å². The minimum atomic E-state index is -0.532. The van der Waals surface area contributed by atoms with Gasteiger partial charge in [-0.15, -0.1) is 0 Å². The number of rotatable bonds is 5. The van der Waals surface area contributed by atoms with E-state index in [0.29, 0.717) is 23.4 Å². The third-order valence-electron chi connectivity index (χ3n) is 4.99. The van der Waals surface area contributed by atoms with Crippen molar-refractivity contribution in [2.24, 2.45) is 4.99 Å². The van der Waals surface area contributed by atoms with Gasteiger partial charge in [-0.3, -0.25) is 4.79 Å². The minimum absolute atomic E-state index is 0.308. The topological polar surface area (TPSA) is 60.7 Å². The second-order valence-electron chi connectivity index (χ2n) is 7.12. The van der Waals surface area contributed by atoms with Crippen LogP contribution in [0.1, 0.15) is 53.4 Å². The van der Waals surface area contributed by atoms with Crippen LogP contribution in [-0.4, -0.2) is 23.1 Å². The van der Waals surface area contributed by atoms with Gasteiger partial charge in [-0.25, -0.2) is 4.79 Å². The molecule has 2 aromatic carbocycles. The first kappa shape index (κ1) is 21.0. The highest BCUT2D eigenvalue weighted by atomic mass is 32.1. The lowest BCUT2D eigenvalue weighted by atomic mass is 10.1. The van der Waals surface area contributed by atoms with Crippen molar-refractivity contribution >= 4 is 33.4 Å². The Balaban J connectivity index is 2.23. The number of benzene rings is 2. The van der Waals surface area contributed by atoms with Crippen LogP contribution in [0.2, 0.25) is 0 Å². The molecular formula is C23H26N2O3S. The molecular weight excluding hydrogens is 384 g/mol. The highest BCUT2D eigenvalue weighted by Crippen LogP contribution is 2.26. The number of carbonyl (C=O) groups is 2. The summed E-state index contributed by atoms with van der Waals surface area (Å²) in [7, 11) is 0. The second kappa shape index (κ2) is 8.74. The number of aromatic nitrogens is 1. The largest absolute Gasteiger partial charge is 0.464 e. The van der Waals surface area contributed by atoms with E-state index in [1.807, 2.05) is 37.5 Å². The molecule has 0 radical (unpaired) electrons. The molecule has 0 aliphatic carbocycles. The fraction of sp³-hybridized carbons (Fsp3) is 0.348. The maximum atomic E-state index is 12.8. The van der Waals surface area contributed by atoms with Gasteiger partial charge in [-0.05, 0) is 69.5 Å². The number of esters is 1. The van der Waals surface area contributed by atoms with E-state index in [9.17, 15) is 9.59 Å². The zero-order valence-corrected chi connectivity index (χ0v) is 18.3. The van der Waals surface area contributed by atoms with Crippen LogP contribution in [0.25, 0.3) is 10.2 Å². The first-order valence-electron chi connectivity index (χ1n) is 9.80. The highest BCUT2D eigenvalue weighted by molar-refractivity contribution is 7.16. The molecule has 29 heavy (non-hydrogen) atoms. The van der Waals surface area contributed by atoms with Crippen molar-refractivity contribution in [2.75, 3.05) is 6.61 Å². The van der Waals surface area contributed by atoms with Crippen LogP contribution in [0.3, 0.4) is 0 Å². The van der Waals surface area contributed by atoms with Crippen LogP contribution in [-0.2, 0) is 9.53 Å². The number of nitrogens with zero attached hydrogens (tertiary/aromatic N) is 2. The number of amides is 1. The number of fused-ring (bicyclic) bond motifs is 1. The normalized spacial score (nSPS) is 12.9. The molecule has 3 rings (SSSR count).